The van der Waals surface area contributed by atoms with Gasteiger partial charge in [-0.3, -0.25) is 9.48 Å². The van der Waals surface area contributed by atoms with E-state index in [0.717, 1.165) is 16.5 Å². The summed E-state index contributed by atoms with van der Waals surface area (Å²) in [5.41, 5.74) is 9.17. The minimum atomic E-state index is -0.187. The number of fused-ring (bicyclic) bond motifs is 1. The van der Waals surface area contributed by atoms with Gasteiger partial charge in [0.15, 0.2) is 0 Å². The molecule has 4 aromatic rings. The summed E-state index contributed by atoms with van der Waals surface area (Å²) < 4.78 is 1.68. The Hall–Kier alpha value is -3.88. The Morgan fingerprint density at radius 3 is 2.79 bits per heavy atom. The highest BCUT2D eigenvalue weighted by Crippen LogP contribution is 2.26. The first-order valence-corrected chi connectivity index (χ1v) is 9.13. The number of carbonyl (C=O) groups excluding carboxylic acids is 1. The highest BCUT2D eigenvalue weighted by atomic mass is 16.1. The van der Waals surface area contributed by atoms with Crippen LogP contribution in [-0.4, -0.2) is 41.7 Å². The third-order valence-electron chi connectivity index (χ3n) is 4.56. The van der Waals surface area contributed by atoms with Crippen molar-refractivity contribution in [3.63, 3.8) is 0 Å². The molecule has 0 bridgehead atoms. The molecule has 0 saturated heterocycles. The number of nitrogens with zero attached hydrogens (tertiary/aromatic N) is 6. The summed E-state index contributed by atoms with van der Waals surface area (Å²) in [6.07, 6.45) is 6.29. The molecule has 0 aliphatic heterocycles. The van der Waals surface area contributed by atoms with Crippen LogP contribution in [0.2, 0.25) is 0 Å². The molecular weight excluding hydrogens is 368 g/mol. The van der Waals surface area contributed by atoms with Gasteiger partial charge in [-0.05, 0) is 25.5 Å². The molecule has 146 valence electrons. The minimum Gasteiger partial charge on any atom is -0.368 e. The summed E-state index contributed by atoms with van der Waals surface area (Å²) in [5, 5.41) is 7.89. The maximum absolute atomic E-state index is 13.1. The average molecular weight is 388 g/mol. The van der Waals surface area contributed by atoms with Crippen molar-refractivity contribution < 1.29 is 4.79 Å². The van der Waals surface area contributed by atoms with E-state index in [1.165, 1.54) is 6.33 Å². The van der Waals surface area contributed by atoms with Crippen LogP contribution in [0.3, 0.4) is 0 Å². The maximum atomic E-state index is 13.1. The molecule has 1 aromatic carbocycles. The molecule has 4 rings (SSSR count). The van der Waals surface area contributed by atoms with E-state index in [9.17, 15) is 4.79 Å². The summed E-state index contributed by atoms with van der Waals surface area (Å²) >= 11 is 0. The third kappa shape index (κ3) is 3.88. The van der Waals surface area contributed by atoms with Crippen LogP contribution in [0.25, 0.3) is 22.2 Å². The van der Waals surface area contributed by atoms with Gasteiger partial charge in [0, 0.05) is 29.4 Å². The third-order valence-corrected chi connectivity index (χ3v) is 4.56. The van der Waals surface area contributed by atoms with Crippen molar-refractivity contribution in [3.05, 3.63) is 60.4 Å². The molecule has 0 saturated carbocycles. The molecule has 0 spiro atoms. The summed E-state index contributed by atoms with van der Waals surface area (Å²) in [6.45, 7) is 4.41. The lowest BCUT2D eigenvalue weighted by Gasteiger charge is -2.16. The lowest BCUT2D eigenvalue weighted by Crippen LogP contribution is -2.36. The van der Waals surface area contributed by atoms with E-state index in [0.29, 0.717) is 23.4 Å². The molecule has 3 N–H and O–H groups in total. The second-order valence-corrected chi connectivity index (χ2v) is 6.85. The van der Waals surface area contributed by atoms with Crippen LogP contribution in [0.5, 0.6) is 0 Å². The first-order chi connectivity index (χ1) is 14.0. The molecule has 0 aliphatic rings. The Morgan fingerprint density at radius 1 is 1.28 bits per heavy atom. The topological polar surface area (TPSA) is 124 Å². The lowest BCUT2D eigenvalue weighted by molar-refractivity contribution is 0.0937. The number of benzene rings is 1. The van der Waals surface area contributed by atoms with Crippen LogP contribution < -0.4 is 11.1 Å². The van der Waals surface area contributed by atoms with Gasteiger partial charge in [-0.15, -0.1) is 0 Å². The molecule has 0 aliphatic carbocycles. The number of nitrogens with two attached hydrogens (primary N) is 1. The van der Waals surface area contributed by atoms with Gasteiger partial charge in [0.05, 0.1) is 23.3 Å². The zero-order valence-corrected chi connectivity index (χ0v) is 16.1. The number of aromatic nitrogens is 6. The minimum absolute atomic E-state index is 0.138. The van der Waals surface area contributed by atoms with E-state index < -0.39 is 0 Å². The van der Waals surface area contributed by atoms with Crippen molar-refractivity contribution in [2.75, 3.05) is 5.73 Å². The smallest absolute Gasteiger partial charge is 0.252 e. The second kappa shape index (κ2) is 7.63. The molecule has 29 heavy (non-hydrogen) atoms. The van der Waals surface area contributed by atoms with Crippen molar-refractivity contribution in [3.8, 4) is 11.3 Å². The fraction of sp³-hybridized carbons (Fsp3) is 0.200. The molecule has 1 amide bonds. The van der Waals surface area contributed by atoms with Crippen LogP contribution in [0.1, 0.15) is 22.8 Å². The van der Waals surface area contributed by atoms with Crippen molar-refractivity contribution in [2.45, 2.75) is 26.4 Å². The number of aryl methyl sites for hydroxylation is 1. The van der Waals surface area contributed by atoms with E-state index >= 15 is 0 Å². The Kier molecular flexibility index (Phi) is 4.86. The predicted octanol–water partition coefficient (Wildman–Crippen LogP) is 1.99. The number of anilines is 1. The number of para-hydroxylation sites is 1. The normalized spacial score (nSPS) is 12.1. The fourth-order valence-electron chi connectivity index (χ4n) is 3.15. The lowest BCUT2D eigenvalue weighted by atomic mass is 10.0. The molecule has 9 heteroatoms. The zero-order chi connectivity index (χ0) is 20.4. The van der Waals surface area contributed by atoms with Gasteiger partial charge < -0.3 is 11.1 Å². The van der Waals surface area contributed by atoms with E-state index in [-0.39, 0.29) is 17.9 Å². The van der Waals surface area contributed by atoms with Gasteiger partial charge in [0.2, 0.25) is 5.95 Å². The first-order valence-electron chi connectivity index (χ1n) is 9.13. The van der Waals surface area contributed by atoms with Crippen molar-refractivity contribution in [1.82, 2.24) is 35.0 Å². The van der Waals surface area contributed by atoms with Crippen LogP contribution >= 0.6 is 0 Å². The quantitative estimate of drug-likeness (QED) is 0.536. The maximum Gasteiger partial charge on any atom is 0.252 e. The van der Waals surface area contributed by atoms with E-state index in [2.05, 4.69) is 25.4 Å². The Morgan fingerprint density at radius 2 is 2.07 bits per heavy atom. The Bertz CT molecular complexity index is 1160. The number of rotatable bonds is 5. The van der Waals surface area contributed by atoms with Gasteiger partial charge in [0.1, 0.15) is 12.7 Å². The monoisotopic (exact) mass is 388 g/mol. The highest BCUT2D eigenvalue weighted by molar-refractivity contribution is 6.07. The number of amides is 1. The van der Waals surface area contributed by atoms with Gasteiger partial charge in [-0.25, -0.2) is 19.9 Å². The predicted molar refractivity (Wildman–Crippen MR) is 109 cm³/mol. The summed E-state index contributed by atoms with van der Waals surface area (Å²) in [5.74, 6) is -0.00106. The fourth-order valence-corrected chi connectivity index (χ4v) is 3.15. The number of nitrogen functional groups attached to an aromatic ring is 1. The number of carbonyl (C=O) groups is 1. The summed E-state index contributed by atoms with van der Waals surface area (Å²) in [7, 11) is 0. The number of hydrogen-bond acceptors (Lipinski definition) is 7. The zero-order valence-electron chi connectivity index (χ0n) is 16.1. The van der Waals surface area contributed by atoms with Crippen LogP contribution in [-0.2, 0) is 6.54 Å². The molecule has 0 radical (unpaired) electrons. The van der Waals surface area contributed by atoms with E-state index in [4.69, 9.17) is 10.7 Å². The molecule has 0 unspecified atom stereocenters. The molecule has 1 atom stereocenters. The highest BCUT2D eigenvalue weighted by Gasteiger charge is 2.17. The number of nitrogens with one attached hydrogen (secondary N) is 1. The molecule has 0 fully saturated rings. The molecule has 9 nitrogen and oxygen atoms in total. The van der Waals surface area contributed by atoms with Crippen molar-refractivity contribution in [1.29, 1.82) is 0 Å². The van der Waals surface area contributed by atoms with E-state index in [1.807, 2.05) is 32.0 Å². The molecule has 3 heterocycles. The van der Waals surface area contributed by atoms with Gasteiger partial charge in [-0.1, -0.05) is 18.2 Å². The van der Waals surface area contributed by atoms with Crippen LogP contribution in [0.4, 0.5) is 5.95 Å². The second-order valence-electron chi connectivity index (χ2n) is 6.85. The Balaban J connectivity index is 1.72. The average Bonchev–Trinajstić information content (AvgIpc) is 3.21. The summed E-state index contributed by atoms with van der Waals surface area (Å²) in [4.78, 5) is 29.8. The van der Waals surface area contributed by atoms with Crippen LogP contribution in [0, 0.1) is 6.92 Å². The molecular formula is C20H20N8O. The number of hydrogen-bond donors (Lipinski definition) is 2. The van der Waals surface area contributed by atoms with Crippen molar-refractivity contribution >= 4 is 22.8 Å². The largest absolute Gasteiger partial charge is 0.368 e. The Labute approximate surface area is 167 Å². The molecule has 3 aromatic heterocycles. The number of pyridine rings is 1. The van der Waals surface area contributed by atoms with Crippen molar-refractivity contribution in [2.24, 2.45) is 0 Å². The van der Waals surface area contributed by atoms with Crippen LogP contribution in [0.15, 0.2) is 49.3 Å². The SMILES string of the molecule is Cc1cccc2c(C(=O)N[C@@H](C)Cn3cncn3)cc(-c3cnc(N)nc3)nc12. The summed E-state index contributed by atoms with van der Waals surface area (Å²) in [6, 6.07) is 7.40. The first kappa shape index (κ1) is 18.5. The van der Waals surface area contributed by atoms with E-state index in [1.54, 1.807) is 29.5 Å². The standard InChI is InChI=1S/C20H20N8O/c1-12-4-3-5-15-16(19(29)26-13(2)9-28-11-22-10-25-28)6-17(27-18(12)15)14-7-23-20(21)24-8-14/h3-8,10-11,13H,9H2,1-2H3,(H,26,29)(H2,21,23,24)/t13-/m0/s1. The van der Waals surface area contributed by atoms with Gasteiger partial charge in [-0.2, -0.15) is 5.10 Å². The van der Waals surface area contributed by atoms with Gasteiger partial charge in [0.25, 0.3) is 5.91 Å². The van der Waals surface area contributed by atoms with Gasteiger partial charge >= 0.3 is 0 Å².